The Labute approximate surface area is 235 Å². The lowest BCUT2D eigenvalue weighted by molar-refractivity contribution is 0.0563. The lowest BCUT2D eigenvalue weighted by atomic mass is 9.73. The minimum atomic E-state index is -4.05. The van der Waals surface area contributed by atoms with E-state index in [1.807, 2.05) is 43.3 Å². The molecule has 3 aromatic heterocycles. The highest BCUT2D eigenvalue weighted by Gasteiger charge is 2.45. The molecule has 5 aromatic rings. The molecule has 41 heavy (non-hydrogen) atoms. The summed E-state index contributed by atoms with van der Waals surface area (Å²) in [6.45, 7) is -0.496. The number of aryl methyl sites for hydroxylation is 2. The number of hydrogen-bond acceptors (Lipinski definition) is 5. The van der Waals surface area contributed by atoms with E-state index in [0.717, 1.165) is 45.7 Å². The summed E-state index contributed by atoms with van der Waals surface area (Å²) in [5, 5.41) is 9.00. The minimum absolute atomic E-state index is 0.117. The van der Waals surface area contributed by atoms with Crippen LogP contribution < -0.4 is 5.56 Å². The number of nitrogens with zero attached hydrogens (tertiary/aromatic N) is 6. The van der Waals surface area contributed by atoms with Crippen LogP contribution in [0.5, 0.6) is 0 Å². The molecule has 0 bridgehead atoms. The van der Waals surface area contributed by atoms with Gasteiger partial charge in [-0.3, -0.25) is 4.79 Å². The number of halogens is 2. The maximum atomic E-state index is 13.5. The highest BCUT2D eigenvalue weighted by atomic mass is 32.2. The molecule has 1 atom stereocenters. The Hall–Kier alpha value is -4.16. The third-order valence-electron chi connectivity index (χ3n) is 7.92. The van der Waals surface area contributed by atoms with Crippen molar-refractivity contribution in [3.63, 3.8) is 0 Å². The highest BCUT2D eigenvalue weighted by Crippen LogP contribution is 2.42. The molecular weight excluding hydrogens is 550 g/mol. The van der Waals surface area contributed by atoms with Gasteiger partial charge >= 0.3 is 6.55 Å². The zero-order valence-electron chi connectivity index (χ0n) is 22.5. The number of pyridine rings is 1. The highest BCUT2D eigenvalue weighted by molar-refractivity contribution is 7.89. The topological polar surface area (TPSA) is 95.0 Å². The van der Waals surface area contributed by atoms with Crippen molar-refractivity contribution in [3.05, 3.63) is 106 Å². The van der Waals surface area contributed by atoms with Crippen LogP contribution >= 0.6 is 0 Å². The smallest absolute Gasteiger partial charge is 0.316 e. The molecule has 12 heteroatoms. The van der Waals surface area contributed by atoms with Crippen LogP contribution in [0.15, 0.2) is 89.1 Å². The van der Waals surface area contributed by atoms with Crippen molar-refractivity contribution >= 4 is 20.9 Å². The summed E-state index contributed by atoms with van der Waals surface area (Å²) < 4.78 is 58.3. The van der Waals surface area contributed by atoms with E-state index < -0.39 is 22.0 Å². The third kappa shape index (κ3) is 4.76. The number of alkyl halides is 2. The van der Waals surface area contributed by atoms with E-state index in [9.17, 15) is 22.0 Å². The van der Waals surface area contributed by atoms with E-state index in [1.165, 1.54) is 14.9 Å². The fourth-order valence-electron chi connectivity index (χ4n) is 5.86. The molecule has 1 aliphatic rings. The molecule has 1 saturated heterocycles. The van der Waals surface area contributed by atoms with E-state index >= 15 is 0 Å². The second-order valence-electron chi connectivity index (χ2n) is 10.6. The van der Waals surface area contributed by atoms with Crippen molar-refractivity contribution in [1.82, 2.24) is 28.4 Å². The van der Waals surface area contributed by atoms with Crippen LogP contribution in [0, 0.1) is 6.92 Å². The van der Waals surface area contributed by atoms with Gasteiger partial charge in [0.1, 0.15) is 4.90 Å². The molecule has 6 rings (SSSR count). The van der Waals surface area contributed by atoms with Crippen LogP contribution in [-0.4, -0.2) is 49.9 Å². The van der Waals surface area contributed by atoms with Gasteiger partial charge in [-0.1, -0.05) is 30.3 Å². The molecule has 1 fully saturated rings. The fraction of sp³-hybridized carbons (Fsp3) is 0.276. The van der Waals surface area contributed by atoms with Gasteiger partial charge in [-0.15, -0.1) is 0 Å². The average Bonchev–Trinajstić information content (AvgIpc) is 3.70. The van der Waals surface area contributed by atoms with Gasteiger partial charge in [-0.2, -0.15) is 23.3 Å². The number of fused-ring (bicyclic) bond motifs is 1. The second-order valence-corrected chi connectivity index (χ2v) is 12.5. The van der Waals surface area contributed by atoms with E-state index in [-0.39, 0.29) is 23.5 Å². The quantitative estimate of drug-likeness (QED) is 0.289. The van der Waals surface area contributed by atoms with Crippen LogP contribution in [0.3, 0.4) is 0 Å². The average molecular weight is 579 g/mol. The summed E-state index contributed by atoms with van der Waals surface area (Å²) in [6.07, 6.45) is 6.49. The molecule has 0 saturated carbocycles. The number of rotatable bonds is 7. The Morgan fingerprint density at radius 2 is 1.80 bits per heavy atom. The van der Waals surface area contributed by atoms with Gasteiger partial charge in [0.15, 0.2) is 0 Å². The van der Waals surface area contributed by atoms with Crippen LogP contribution in [0.25, 0.3) is 16.6 Å². The molecule has 0 N–H and O–H groups in total. The van der Waals surface area contributed by atoms with Crippen molar-refractivity contribution in [3.8, 4) is 5.69 Å². The van der Waals surface area contributed by atoms with Crippen molar-refractivity contribution < 1.29 is 17.2 Å². The number of benzene rings is 2. The normalized spacial score (nSPS) is 18.1. The summed E-state index contributed by atoms with van der Waals surface area (Å²) in [7, 11) is -2.36. The molecule has 0 radical (unpaired) electrons. The fourth-order valence-corrected chi connectivity index (χ4v) is 7.32. The molecule has 1 aliphatic heterocycles. The molecule has 1 unspecified atom stereocenters. The van der Waals surface area contributed by atoms with E-state index in [1.54, 1.807) is 30.2 Å². The Balaban J connectivity index is 1.43. The van der Waals surface area contributed by atoms with Crippen molar-refractivity contribution in [1.29, 1.82) is 0 Å². The lowest BCUT2D eigenvalue weighted by Gasteiger charge is -2.32. The molecule has 0 amide bonds. The minimum Gasteiger partial charge on any atom is -0.316 e. The predicted molar refractivity (Wildman–Crippen MR) is 150 cm³/mol. The first-order valence-electron chi connectivity index (χ1n) is 13.1. The van der Waals surface area contributed by atoms with Gasteiger partial charge in [0.2, 0.25) is 15.6 Å². The predicted octanol–water partition coefficient (Wildman–Crippen LogP) is 4.20. The van der Waals surface area contributed by atoms with Gasteiger partial charge in [0.25, 0.3) is 0 Å². The summed E-state index contributed by atoms with van der Waals surface area (Å²) in [4.78, 5) is 11.7. The molecule has 2 aromatic carbocycles. The van der Waals surface area contributed by atoms with Crippen LogP contribution in [0.2, 0.25) is 0 Å². The first-order chi connectivity index (χ1) is 19.6. The summed E-state index contributed by atoms with van der Waals surface area (Å²) in [5.41, 5.74) is 3.98. The Morgan fingerprint density at radius 1 is 1.02 bits per heavy atom. The zero-order valence-corrected chi connectivity index (χ0v) is 23.3. The summed E-state index contributed by atoms with van der Waals surface area (Å²) in [6, 6.07) is 17.2. The molecule has 0 aliphatic carbocycles. The molecule has 212 valence electrons. The molecule has 0 spiro atoms. The first kappa shape index (κ1) is 27.0. The van der Waals surface area contributed by atoms with Crippen molar-refractivity contribution in [2.45, 2.75) is 36.6 Å². The largest absolute Gasteiger partial charge is 0.333 e. The van der Waals surface area contributed by atoms with Gasteiger partial charge in [0, 0.05) is 43.2 Å². The molecule has 9 nitrogen and oxygen atoms in total. The zero-order chi connectivity index (χ0) is 28.9. The second kappa shape index (κ2) is 10.0. The Bertz CT molecular complexity index is 1920. The SMILES string of the molecule is Cc1cc2c(cnn2-c2ccc(=O)n(C)c2)cc1C1(Cc2ccccc2)CCN(S(=O)(=O)c2cnn(C(F)F)c2)C1. The van der Waals surface area contributed by atoms with Crippen LogP contribution in [-0.2, 0) is 28.9 Å². The lowest BCUT2D eigenvalue weighted by Crippen LogP contribution is -2.36. The maximum Gasteiger partial charge on any atom is 0.333 e. The van der Waals surface area contributed by atoms with Gasteiger partial charge in [-0.05, 0) is 54.7 Å². The Kier molecular flexibility index (Phi) is 6.62. The first-order valence-corrected chi connectivity index (χ1v) is 14.5. The van der Waals surface area contributed by atoms with Gasteiger partial charge in [0.05, 0.1) is 29.8 Å². The van der Waals surface area contributed by atoms with Gasteiger partial charge < -0.3 is 4.57 Å². The van der Waals surface area contributed by atoms with Crippen molar-refractivity contribution in [2.24, 2.45) is 7.05 Å². The van der Waals surface area contributed by atoms with Gasteiger partial charge in [-0.25, -0.2) is 17.8 Å². The van der Waals surface area contributed by atoms with Crippen LogP contribution in [0.4, 0.5) is 8.78 Å². The number of sulfonamides is 1. The molecular formula is C29H28F2N6O3S. The standard InChI is InChI=1S/C29H28F2N6O3S/c1-20-12-26-22(15-33-37(26)23-8-9-27(38)34(2)17-23)13-25(20)29(14-21-6-4-3-5-7-21)10-11-35(19-29)41(39,40)24-16-32-36(18-24)28(30)31/h3-9,12-13,15-18,28H,10-11,14,19H2,1-2H3. The third-order valence-corrected chi connectivity index (χ3v) is 9.72. The monoisotopic (exact) mass is 578 g/mol. The number of aromatic nitrogens is 5. The van der Waals surface area contributed by atoms with E-state index in [0.29, 0.717) is 17.5 Å². The summed E-state index contributed by atoms with van der Waals surface area (Å²) >= 11 is 0. The summed E-state index contributed by atoms with van der Waals surface area (Å²) in [5.74, 6) is 0. The van der Waals surface area contributed by atoms with E-state index in [2.05, 4.69) is 16.3 Å². The van der Waals surface area contributed by atoms with Crippen LogP contribution in [0.1, 0.15) is 29.7 Å². The maximum absolute atomic E-state index is 13.5. The van der Waals surface area contributed by atoms with Crippen molar-refractivity contribution in [2.75, 3.05) is 13.1 Å². The molecule has 4 heterocycles. The van der Waals surface area contributed by atoms with E-state index in [4.69, 9.17) is 0 Å². The Morgan fingerprint density at radius 3 is 2.51 bits per heavy atom. The number of hydrogen-bond donors (Lipinski definition) is 0.